The second-order valence-corrected chi connectivity index (χ2v) is 7.17. The molecule has 134 valence electrons. The van der Waals surface area contributed by atoms with Gasteiger partial charge in [0.05, 0.1) is 0 Å². The number of nitrogens with zero attached hydrogens (tertiary/aromatic N) is 2. The number of ketones is 1. The first-order valence-corrected chi connectivity index (χ1v) is 9.25. The van der Waals surface area contributed by atoms with Gasteiger partial charge >= 0.3 is 0 Å². The van der Waals surface area contributed by atoms with E-state index in [4.69, 9.17) is 0 Å². The number of amides is 1. The molecule has 0 unspecified atom stereocenters. The van der Waals surface area contributed by atoms with Gasteiger partial charge in [0.25, 0.3) is 11.5 Å². The van der Waals surface area contributed by atoms with E-state index in [1.54, 1.807) is 15.5 Å². The van der Waals surface area contributed by atoms with Gasteiger partial charge < -0.3 is 4.90 Å². The Labute approximate surface area is 152 Å². The molecule has 1 aromatic carbocycles. The van der Waals surface area contributed by atoms with Gasteiger partial charge in [-0.2, -0.15) is 0 Å². The number of carbonyl (C=O) groups is 2. The Bertz CT molecular complexity index is 935. The predicted octanol–water partition coefficient (Wildman–Crippen LogP) is 2.90. The summed E-state index contributed by atoms with van der Waals surface area (Å²) < 4.78 is 1.58. The van der Waals surface area contributed by atoms with Crippen molar-refractivity contribution in [2.45, 2.75) is 39.0 Å². The molecule has 1 saturated heterocycles. The molecule has 5 heteroatoms. The van der Waals surface area contributed by atoms with Gasteiger partial charge in [0, 0.05) is 36.5 Å². The second-order valence-electron chi connectivity index (χ2n) is 7.17. The molecular weight excluding hydrogens is 328 g/mol. The molecule has 1 amide bonds. The molecule has 0 saturated carbocycles. The Morgan fingerprint density at radius 1 is 0.962 bits per heavy atom. The van der Waals surface area contributed by atoms with E-state index >= 15 is 0 Å². The molecule has 5 nitrogen and oxygen atoms in total. The Morgan fingerprint density at radius 2 is 1.65 bits per heavy atom. The fraction of sp³-hybridized carbons (Fsp3) is 0.381. The van der Waals surface area contributed by atoms with Crippen molar-refractivity contribution in [1.82, 2.24) is 9.47 Å². The molecule has 0 bridgehead atoms. The lowest BCUT2D eigenvalue weighted by Crippen LogP contribution is -2.37. The van der Waals surface area contributed by atoms with Gasteiger partial charge in [0.15, 0.2) is 5.78 Å². The van der Waals surface area contributed by atoms with Gasteiger partial charge in [-0.25, -0.2) is 0 Å². The molecule has 0 atom stereocenters. The van der Waals surface area contributed by atoms with Crippen molar-refractivity contribution in [3.63, 3.8) is 0 Å². The van der Waals surface area contributed by atoms with E-state index in [2.05, 4.69) is 0 Å². The van der Waals surface area contributed by atoms with Crippen LogP contribution in [0.5, 0.6) is 0 Å². The zero-order valence-electron chi connectivity index (χ0n) is 15.0. The normalized spacial score (nSPS) is 16.7. The summed E-state index contributed by atoms with van der Waals surface area (Å²) >= 11 is 0. The highest BCUT2D eigenvalue weighted by molar-refractivity contribution is 6.02. The fourth-order valence-corrected chi connectivity index (χ4v) is 3.90. The first-order valence-electron chi connectivity index (χ1n) is 9.25. The third kappa shape index (κ3) is 2.77. The number of aryl methyl sites for hydroxylation is 1. The van der Waals surface area contributed by atoms with Gasteiger partial charge in [-0.3, -0.25) is 19.0 Å². The van der Waals surface area contributed by atoms with E-state index in [1.165, 1.54) is 0 Å². The van der Waals surface area contributed by atoms with E-state index in [-0.39, 0.29) is 22.8 Å². The van der Waals surface area contributed by atoms with Crippen LogP contribution in [0.4, 0.5) is 0 Å². The van der Waals surface area contributed by atoms with Crippen molar-refractivity contribution >= 4 is 11.7 Å². The van der Waals surface area contributed by atoms with Crippen LogP contribution in [0, 0.1) is 6.92 Å². The molecule has 1 aliphatic carbocycles. The second kappa shape index (κ2) is 6.56. The predicted molar refractivity (Wildman–Crippen MR) is 99.2 cm³/mol. The summed E-state index contributed by atoms with van der Waals surface area (Å²) in [7, 11) is 0. The molecule has 26 heavy (non-hydrogen) atoms. The van der Waals surface area contributed by atoms with E-state index < -0.39 is 0 Å². The smallest absolute Gasteiger partial charge is 0.268 e. The average molecular weight is 350 g/mol. The molecule has 1 fully saturated rings. The number of pyridine rings is 1. The first-order chi connectivity index (χ1) is 12.6. The molecule has 0 spiro atoms. The number of carbonyl (C=O) groups excluding carboxylic acids is 2. The summed E-state index contributed by atoms with van der Waals surface area (Å²) in [6.07, 6.45) is 3.79. The van der Waals surface area contributed by atoms with Crippen molar-refractivity contribution < 1.29 is 9.59 Å². The number of rotatable bonds is 2. The highest BCUT2D eigenvalue weighted by atomic mass is 16.2. The zero-order chi connectivity index (χ0) is 18.3. The first kappa shape index (κ1) is 16.8. The van der Waals surface area contributed by atoms with Gasteiger partial charge in [-0.05, 0) is 50.8 Å². The maximum Gasteiger partial charge on any atom is 0.268 e. The number of likely N-dealkylation sites (tertiary alicyclic amines) is 1. The summed E-state index contributed by atoms with van der Waals surface area (Å²) in [4.78, 5) is 40.3. The minimum atomic E-state index is -0.320. The molecule has 0 radical (unpaired) electrons. The summed E-state index contributed by atoms with van der Waals surface area (Å²) in [6, 6.07) is 9.17. The van der Waals surface area contributed by atoms with Gasteiger partial charge in [0.1, 0.15) is 5.56 Å². The van der Waals surface area contributed by atoms with Crippen LogP contribution in [0.15, 0.2) is 35.1 Å². The van der Waals surface area contributed by atoms with Crippen LogP contribution in [-0.4, -0.2) is 34.2 Å². The van der Waals surface area contributed by atoms with Crippen LogP contribution in [0.2, 0.25) is 0 Å². The number of Topliss-reactive ketones (excluding diaryl/α,β-unsaturated/α-hetero) is 1. The summed E-state index contributed by atoms with van der Waals surface area (Å²) in [5, 5.41) is 0. The van der Waals surface area contributed by atoms with Crippen molar-refractivity contribution in [3.05, 3.63) is 63.1 Å². The van der Waals surface area contributed by atoms with Crippen LogP contribution >= 0.6 is 0 Å². The summed E-state index contributed by atoms with van der Waals surface area (Å²) in [6.45, 7) is 3.33. The highest BCUT2D eigenvalue weighted by Gasteiger charge is 2.29. The molecule has 4 rings (SSSR count). The zero-order valence-corrected chi connectivity index (χ0v) is 15.0. The van der Waals surface area contributed by atoms with Gasteiger partial charge in [0.2, 0.25) is 0 Å². The molecular formula is C21H22N2O3. The minimum absolute atomic E-state index is 0.0163. The Hall–Kier alpha value is -2.69. The lowest BCUT2D eigenvalue weighted by Gasteiger charge is -2.23. The maximum absolute atomic E-state index is 13.2. The van der Waals surface area contributed by atoms with Crippen LogP contribution in [-0.2, 0) is 6.42 Å². The molecule has 2 heterocycles. The Kier molecular flexibility index (Phi) is 4.23. The molecule has 2 aliphatic rings. The van der Waals surface area contributed by atoms with E-state index in [1.807, 2.05) is 31.2 Å². The molecule has 0 N–H and O–H groups in total. The van der Waals surface area contributed by atoms with Gasteiger partial charge in [-0.15, -0.1) is 0 Å². The number of aromatic nitrogens is 1. The fourth-order valence-electron chi connectivity index (χ4n) is 3.90. The van der Waals surface area contributed by atoms with Crippen LogP contribution in [0.25, 0.3) is 5.69 Å². The van der Waals surface area contributed by atoms with Crippen molar-refractivity contribution in [3.8, 4) is 5.69 Å². The lowest BCUT2D eigenvalue weighted by atomic mass is 9.92. The number of benzene rings is 1. The maximum atomic E-state index is 13.2. The van der Waals surface area contributed by atoms with E-state index in [0.29, 0.717) is 37.2 Å². The third-order valence-electron chi connectivity index (χ3n) is 5.34. The lowest BCUT2D eigenvalue weighted by molar-refractivity contribution is 0.0790. The monoisotopic (exact) mass is 350 g/mol. The number of fused-ring (bicyclic) bond motifs is 1. The quantitative estimate of drug-likeness (QED) is 0.837. The van der Waals surface area contributed by atoms with Crippen LogP contribution in [0.1, 0.15) is 57.7 Å². The van der Waals surface area contributed by atoms with Crippen molar-refractivity contribution in [2.75, 3.05) is 13.1 Å². The summed E-state index contributed by atoms with van der Waals surface area (Å²) in [5.74, 6) is -0.239. The number of hydrogen-bond acceptors (Lipinski definition) is 3. The van der Waals surface area contributed by atoms with Crippen LogP contribution in [0.3, 0.4) is 0 Å². The minimum Gasteiger partial charge on any atom is -0.338 e. The molecule has 1 aromatic heterocycles. The SMILES string of the molecule is Cc1ccc(-n2c3c(cc(C(=O)N4CCCC4)c2=O)C(=O)CCC3)cc1. The molecule has 2 aromatic rings. The standard InChI is InChI=1S/C21H22N2O3/c1-14-7-9-15(10-8-14)23-18-5-4-6-19(24)16(18)13-17(21(23)26)20(25)22-11-2-3-12-22/h7-10,13H,2-6,11-12H2,1H3. The summed E-state index contributed by atoms with van der Waals surface area (Å²) in [5.41, 5.74) is 2.85. The molecule has 1 aliphatic heterocycles. The van der Waals surface area contributed by atoms with Gasteiger partial charge in [-0.1, -0.05) is 17.7 Å². The number of hydrogen-bond donors (Lipinski definition) is 0. The van der Waals surface area contributed by atoms with E-state index in [9.17, 15) is 14.4 Å². The highest BCUT2D eigenvalue weighted by Crippen LogP contribution is 2.24. The average Bonchev–Trinajstić information content (AvgIpc) is 3.17. The van der Waals surface area contributed by atoms with Crippen LogP contribution < -0.4 is 5.56 Å². The third-order valence-corrected chi connectivity index (χ3v) is 5.34. The van der Waals surface area contributed by atoms with Crippen molar-refractivity contribution in [2.24, 2.45) is 0 Å². The van der Waals surface area contributed by atoms with E-state index in [0.717, 1.165) is 30.5 Å². The Morgan fingerprint density at radius 3 is 2.35 bits per heavy atom. The van der Waals surface area contributed by atoms with Crippen molar-refractivity contribution in [1.29, 1.82) is 0 Å². The largest absolute Gasteiger partial charge is 0.338 e. The topological polar surface area (TPSA) is 59.4 Å². The Balaban J connectivity index is 1.93.